The molecule has 98 valence electrons. The number of esters is 1. The first-order chi connectivity index (χ1) is 8.63. The summed E-state index contributed by atoms with van der Waals surface area (Å²) in [5.41, 5.74) is 1.47. The fourth-order valence-corrected chi connectivity index (χ4v) is 1.67. The molecule has 0 radical (unpaired) electrons. The Hall–Kier alpha value is -1.62. The summed E-state index contributed by atoms with van der Waals surface area (Å²) in [6.45, 7) is 7.86. The zero-order chi connectivity index (χ0) is 13.7. The molecule has 0 bridgehead atoms. The zero-order valence-corrected chi connectivity index (χ0v) is 11.7. The van der Waals surface area contributed by atoms with E-state index in [0.717, 1.165) is 5.69 Å². The molecular weight excluding hydrogens is 254 g/mol. The van der Waals surface area contributed by atoms with Gasteiger partial charge in [0, 0.05) is 5.69 Å². The summed E-state index contributed by atoms with van der Waals surface area (Å²) in [7, 11) is 0. The first-order valence-corrected chi connectivity index (χ1v) is 6.19. The van der Waals surface area contributed by atoms with E-state index >= 15 is 0 Å². The number of fused-ring (bicyclic) bond motifs is 1. The van der Waals surface area contributed by atoms with Crippen LogP contribution in [-0.4, -0.2) is 27.2 Å². The summed E-state index contributed by atoms with van der Waals surface area (Å²) in [6.07, 6.45) is 1.41. The smallest absolute Gasteiger partial charge is 0.343 e. The molecule has 0 aliphatic carbocycles. The Morgan fingerprint density at radius 2 is 2.17 bits per heavy atom. The van der Waals surface area contributed by atoms with Gasteiger partial charge in [-0.1, -0.05) is 25.4 Å². The van der Waals surface area contributed by atoms with Crippen LogP contribution in [0.1, 0.15) is 36.8 Å². The molecule has 5 nitrogen and oxygen atoms in total. The molecule has 2 heterocycles. The highest BCUT2D eigenvalue weighted by molar-refractivity contribution is 6.29. The molecule has 0 amide bonds. The molecule has 6 heteroatoms. The van der Waals surface area contributed by atoms with Crippen LogP contribution in [0.2, 0.25) is 5.15 Å². The molecule has 0 N–H and O–H groups in total. The van der Waals surface area contributed by atoms with E-state index in [1.165, 1.54) is 10.7 Å². The van der Waals surface area contributed by atoms with Crippen LogP contribution in [0.4, 0.5) is 0 Å². The maximum Gasteiger partial charge on any atom is 0.343 e. The molecule has 2 aromatic heterocycles. The summed E-state index contributed by atoms with van der Waals surface area (Å²) in [6, 6.07) is 1.68. The molecule has 0 saturated heterocycles. The highest BCUT2D eigenvalue weighted by atomic mass is 35.5. The minimum Gasteiger partial charge on any atom is -0.462 e. The predicted molar refractivity (Wildman–Crippen MR) is 70.0 cm³/mol. The minimum absolute atomic E-state index is 0.315. The van der Waals surface area contributed by atoms with Gasteiger partial charge in [-0.2, -0.15) is 5.10 Å². The van der Waals surface area contributed by atoms with Gasteiger partial charge in [-0.25, -0.2) is 14.3 Å². The van der Waals surface area contributed by atoms with E-state index in [2.05, 4.69) is 10.1 Å². The van der Waals surface area contributed by atoms with Gasteiger partial charge in [0.05, 0.1) is 12.8 Å². The Kier molecular flexibility index (Phi) is 5.09. The van der Waals surface area contributed by atoms with E-state index in [-0.39, 0.29) is 0 Å². The number of hydrogen-bond acceptors (Lipinski definition) is 4. The summed E-state index contributed by atoms with van der Waals surface area (Å²) in [5, 5.41) is 4.40. The van der Waals surface area contributed by atoms with Gasteiger partial charge < -0.3 is 4.74 Å². The van der Waals surface area contributed by atoms with Crippen molar-refractivity contribution in [2.45, 2.75) is 27.7 Å². The molecule has 0 aliphatic rings. The second-order valence-corrected chi connectivity index (χ2v) is 3.62. The van der Waals surface area contributed by atoms with Gasteiger partial charge in [0.1, 0.15) is 10.7 Å². The molecule has 2 aromatic rings. The lowest BCUT2D eigenvalue weighted by molar-refractivity contribution is 0.0528. The minimum atomic E-state index is -0.438. The fraction of sp³-hybridized carbons (Fsp3) is 0.417. The molecular formula is C12H16ClN3O2. The fourth-order valence-electron chi connectivity index (χ4n) is 1.39. The number of rotatable bonds is 2. The molecule has 2 rings (SSSR count). The van der Waals surface area contributed by atoms with Crippen molar-refractivity contribution >= 4 is 23.2 Å². The van der Waals surface area contributed by atoms with Crippen molar-refractivity contribution < 1.29 is 9.53 Å². The summed E-state index contributed by atoms with van der Waals surface area (Å²) < 4.78 is 6.30. The van der Waals surface area contributed by atoms with Gasteiger partial charge in [-0.05, 0) is 19.9 Å². The Morgan fingerprint density at radius 3 is 2.78 bits per heavy atom. The predicted octanol–water partition coefficient (Wildman–Crippen LogP) is 2.89. The van der Waals surface area contributed by atoms with Crippen LogP contribution in [0.5, 0.6) is 0 Å². The van der Waals surface area contributed by atoms with Gasteiger partial charge in [-0.3, -0.25) is 0 Å². The van der Waals surface area contributed by atoms with Crippen molar-refractivity contribution in [2.24, 2.45) is 0 Å². The number of carbonyl (C=O) groups is 1. The quantitative estimate of drug-likeness (QED) is 0.621. The molecule has 0 unspecified atom stereocenters. The van der Waals surface area contributed by atoms with Gasteiger partial charge in [-0.15, -0.1) is 0 Å². The summed E-state index contributed by atoms with van der Waals surface area (Å²) in [4.78, 5) is 15.8. The number of aromatic nitrogens is 3. The van der Waals surface area contributed by atoms with Crippen molar-refractivity contribution in [1.29, 1.82) is 0 Å². The highest BCUT2D eigenvalue weighted by Gasteiger charge is 2.16. The first kappa shape index (κ1) is 14.4. The lowest BCUT2D eigenvalue weighted by Crippen LogP contribution is -2.05. The molecule has 0 fully saturated rings. The third-order valence-electron chi connectivity index (χ3n) is 2.05. The number of aryl methyl sites for hydroxylation is 1. The van der Waals surface area contributed by atoms with Crippen molar-refractivity contribution in [3.63, 3.8) is 0 Å². The largest absolute Gasteiger partial charge is 0.462 e. The van der Waals surface area contributed by atoms with Crippen LogP contribution in [0, 0.1) is 6.92 Å². The van der Waals surface area contributed by atoms with Crippen LogP contribution < -0.4 is 0 Å². The van der Waals surface area contributed by atoms with Gasteiger partial charge in [0.25, 0.3) is 0 Å². The van der Waals surface area contributed by atoms with Crippen molar-refractivity contribution in [2.75, 3.05) is 6.61 Å². The number of nitrogens with zero attached hydrogens (tertiary/aromatic N) is 3. The summed E-state index contributed by atoms with van der Waals surface area (Å²) in [5.74, 6) is -0.438. The topological polar surface area (TPSA) is 56.5 Å². The molecule has 0 atom stereocenters. The molecule has 0 spiro atoms. The lowest BCUT2D eigenvalue weighted by atomic mass is 10.3. The van der Waals surface area contributed by atoms with Crippen LogP contribution in [0.15, 0.2) is 12.3 Å². The maximum absolute atomic E-state index is 11.6. The normalized spacial score (nSPS) is 9.83. The number of halogens is 1. The monoisotopic (exact) mass is 269 g/mol. The van der Waals surface area contributed by atoms with Gasteiger partial charge in [0.15, 0.2) is 5.65 Å². The van der Waals surface area contributed by atoms with E-state index < -0.39 is 5.97 Å². The van der Waals surface area contributed by atoms with Crippen LogP contribution in [0.25, 0.3) is 5.65 Å². The van der Waals surface area contributed by atoms with Crippen LogP contribution in [-0.2, 0) is 4.74 Å². The molecule has 0 saturated carbocycles. The van der Waals surface area contributed by atoms with Gasteiger partial charge >= 0.3 is 5.97 Å². The Morgan fingerprint density at radius 1 is 1.50 bits per heavy atom. The first-order valence-electron chi connectivity index (χ1n) is 5.81. The number of carbonyl (C=O) groups excluding carboxylic acids is 1. The maximum atomic E-state index is 11.6. The van der Waals surface area contributed by atoms with E-state index in [1.54, 1.807) is 19.9 Å². The summed E-state index contributed by atoms with van der Waals surface area (Å²) >= 11 is 5.97. The standard InChI is InChI=1S/C10H10ClN3O2.C2H6/c1-3-16-10(15)7-5-12-14-8(11)4-6(2)13-9(7)14;1-2/h4-5H,3H2,1-2H3;1-2H3. The van der Waals surface area contributed by atoms with Crippen molar-refractivity contribution in [3.8, 4) is 0 Å². The third-order valence-corrected chi connectivity index (χ3v) is 2.32. The van der Waals surface area contributed by atoms with Crippen molar-refractivity contribution in [1.82, 2.24) is 14.6 Å². The highest BCUT2D eigenvalue weighted by Crippen LogP contribution is 2.16. The number of hydrogen-bond donors (Lipinski definition) is 0. The van der Waals surface area contributed by atoms with Crippen LogP contribution >= 0.6 is 11.6 Å². The average Bonchev–Trinajstić information content (AvgIpc) is 2.76. The van der Waals surface area contributed by atoms with Crippen molar-refractivity contribution in [3.05, 3.63) is 28.7 Å². The van der Waals surface area contributed by atoms with Gasteiger partial charge in [0.2, 0.25) is 0 Å². The molecule has 0 aliphatic heterocycles. The zero-order valence-electron chi connectivity index (χ0n) is 10.9. The second kappa shape index (κ2) is 6.35. The molecule has 18 heavy (non-hydrogen) atoms. The SMILES string of the molecule is CC.CCOC(=O)c1cnn2c(Cl)cc(C)nc12. The Labute approximate surface area is 111 Å². The van der Waals surface area contributed by atoms with E-state index in [4.69, 9.17) is 16.3 Å². The van der Waals surface area contributed by atoms with E-state index in [9.17, 15) is 4.79 Å². The lowest BCUT2D eigenvalue weighted by Gasteiger charge is -2.01. The third kappa shape index (κ3) is 2.79. The second-order valence-electron chi connectivity index (χ2n) is 3.23. The van der Waals surface area contributed by atoms with E-state index in [1.807, 2.05) is 13.8 Å². The molecule has 0 aromatic carbocycles. The Bertz CT molecular complexity index is 551. The number of ether oxygens (including phenoxy) is 1. The Balaban J connectivity index is 0.000000771. The van der Waals surface area contributed by atoms with E-state index in [0.29, 0.717) is 23.0 Å². The van der Waals surface area contributed by atoms with Crippen LogP contribution in [0.3, 0.4) is 0 Å². The average molecular weight is 270 g/mol.